The predicted molar refractivity (Wildman–Crippen MR) is 60.4 cm³/mol. The fraction of sp³-hybridized carbons (Fsp3) is 0.364. The third-order valence-corrected chi connectivity index (χ3v) is 2.00. The number of rotatable bonds is 1. The second kappa shape index (κ2) is 5.25. The molecule has 86 valence electrons. The van der Waals surface area contributed by atoms with Gasteiger partial charge in [0.2, 0.25) is 0 Å². The number of ether oxygens (including phenoxy) is 1. The van der Waals surface area contributed by atoms with Gasteiger partial charge in [-0.2, -0.15) is 5.10 Å². The van der Waals surface area contributed by atoms with Crippen LogP contribution in [0.3, 0.4) is 0 Å². The SMILES string of the molecule is CC.COC(=O)c1nn2cccnc2c1C. The van der Waals surface area contributed by atoms with Gasteiger partial charge < -0.3 is 4.74 Å². The van der Waals surface area contributed by atoms with Crippen molar-refractivity contribution in [2.45, 2.75) is 20.8 Å². The summed E-state index contributed by atoms with van der Waals surface area (Å²) in [5.74, 6) is -0.437. The minimum atomic E-state index is -0.437. The Morgan fingerprint density at radius 1 is 1.44 bits per heavy atom. The van der Waals surface area contributed by atoms with Gasteiger partial charge in [0.05, 0.1) is 7.11 Å². The number of aryl methyl sites for hydroxylation is 1. The molecular formula is C11H15N3O2. The van der Waals surface area contributed by atoms with Crippen molar-refractivity contribution in [3.8, 4) is 0 Å². The zero-order valence-corrected chi connectivity index (χ0v) is 9.89. The first-order valence-corrected chi connectivity index (χ1v) is 5.12. The Bertz CT molecular complexity index is 491. The lowest BCUT2D eigenvalue weighted by Gasteiger charge is -1.92. The summed E-state index contributed by atoms with van der Waals surface area (Å²) in [7, 11) is 1.33. The van der Waals surface area contributed by atoms with E-state index in [2.05, 4.69) is 14.8 Å². The van der Waals surface area contributed by atoms with Gasteiger partial charge in [-0.15, -0.1) is 0 Å². The number of methoxy groups -OCH3 is 1. The van der Waals surface area contributed by atoms with Crippen LogP contribution in [0.1, 0.15) is 29.9 Å². The zero-order valence-electron chi connectivity index (χ0n) is 9.89. The molecule has 2 aromatic heterocycles. The van der Waals surface area contributed by atoms with E-state index >= 15 is 0 Å². The molecule has 5 heteroatoms. The average Bonchev–Trinajstić information content (AvgIpc) is 2.69. The standard InChI is InChI=1S/C9H9N3O2.C2H6/c1-6-7(9(13)14-2)11-12-5-3-4-10-8(6)12;1-2/h3-5H,1-2H3;1-2H3. The zero-order chi connectivity index (χ0) is 12.1. The second-order valence-corrected chi connectivity index (χ2v) is 2.85. The van der Waals surface area contributed by atoms with Gasteiger partial charge in [-0.3, -0.25) is 0 Å². The van der Waals surface area contributed by atoms with Crippen LogP contribution >= 0.6 is 0 Å². The molecule has 0 radical (unpaired) electrons. The molecule has 0 saturated heterocycles. The number of carbonyl (C=O) groups is 1. The van der Waals surface area contributed by atoms with Gasteiger partial charge in [0.1, 0.15) is 0 Å². The summed E-state index contributed by atoms with van der Waals surface area (Å²) in [6.07, 6.45) is 3.40. The van der Waals surface area contributed by atoms with Gasteiger partial charge in [-0.25, -0.2) is 14.3 Å². The summed E-state index contributed by atoms with van der Waals surface area (Å²) < 4.78 is 6.16. The molecule has 16 heavy (non-hydrogen) atoms. The number of hydrogen-bond donors (Lipinski definition) is 0. The first-order valence-electron chi connectivity index (χ1n) is 5.12. The number of aromatic nitrogens is 3. The Balaban J connectivity index is 0.000000606. The van der Waals surface area contributed by atoms with Crippen LogP contribution in [0.15, 0.2) is 18.5 Å². The molecule has 0 spiro atoms. The average molecular weight is 221 g/mol. The molecule has 0 atom stereocenters. The molecule has 0 aliphatic carbocycles. The highest BCUT2D eigenvalue weighted by molar-refractivity contribution is 5.90. The van der Waals surface area contributed by atoms with Crippen LogP contribution in [0.2, 0.25) is 0 Å². The van der Waals surface area contributed by atoms with Crippen molar-refractivity contribution < 1.29 is 9.53 Å². The monoisotopic (exact) mass is 221 g/mol. The fourth-order valence-electron chi connectivity index (χ4n) is 1.29. The van der Waals surface area contributed by atoms with Crippen molar-refractivity contribution in [2.75, 3.05) is 7.11 Å². The largest absolute Gasteiger partial charge is 0.464 e. The molecule has 0 saturated carbocycles. The van der Waals surface area contributed by atoms with Crippen LogP contribution in [0.5, 0.6) is 0 Å². The van der Waals surface area contributed by atoms with Crippen LogP contribution in [-0.4, -0.2) is 27.7 Å². The molecule has 0 bridgehead atoms. The van der Waals surface area contributed by atoms with Crippen molar-refractivity contribution in [1.29, 1.82) is 0 Å². The topological polar surface area (TPSA) is 56.5 Å². The molecule has 2 rings (SSSR count). The van der Waals surface area contributed by atoms with E-state index < -0.39 is 5.97 Å². The molecule has 0 amide bonds. The quantitative estimate of drug-likeness (QED) is 0.689. The van der Waals surface area contributed by atoms with E-state index in [1.165, 1.54) is 7.11 Å². The lowest BCUT2D eigenvalue weighted by atomic mass is 10.3. The molecule has 0 aromatic carbocycles. The van der Waals surface area contributed by atoms with Crippen molar-refractivity contribution in [2.24, 2.45) is 0 Å². The van der Waals surface area contributed by atoms with Gasteiger partial charge in [0.25, 0.3) is 0 Å². The maximum absolute atomic E-state index is 11.3. The minimum Gasteiger partial charge on any atom is -0.464 e. The number of esters is 1. The first-order chi connectivity index (χ1) is 7.74. The van der Waals surface area contributed by atoms with Gasteiger partial charge in [0, 0.05) is 18.0 Å². The Morgan fingerprint density at radius 3 is 2.69 bits per heavy atom. The van der Waals surface area contributed by atoms with Crippen molar-refractivity contribution >= 4 is 11.6 Å². The van der Waals surface area contributed by atoms with E-state index in [0.717, 1.165) is 5.56 Å². The van der Waals surface area contributed by atoms with Crippen LogP contribution in [-0.2, 0) is 4.74 Å². The lowest BCUT2D eigenvalue weighted by Crippen LogP contribution is -2.03. The van der Waals surface area contributed by atoms with Crippen LogP contribution in [0.25, 0.3) is 5.65 Å². The summed E-state index contributed by atoms with van der Waals surface area (Å²) in [4.78, 5) is 15.4. The molecule has 0 fully saturated rings. The summed E-state index contributed by atoms with van der Waals surface area (Å²) >= 11 is 0. The van der Waals surface area contributed by atoms with E-state index in [1.807, 2.05) is 13.8 Å². The molecule has 2 heterocycles. The summed E-state index contributed by atoms with van der Waals surface area (Å²) in [5, 5.41) is 4.06. The number of nitrogens with zero attached hydrogens (tertiary/aromatic N) is 3. The van der Waals surface area contributed by atoms with Crippen molar-refractivity contribution in [1.82, 2.24) is 14.6 Å². The van der Waals surface area contributed by atoms with Crippen LogP contribution < -0.4 is 0 Å². The Morgan fingerprint density at radius 2 is 2.12 bits per heavy atom. The minimum absolute atomic E-state index is 0.311. The first kappa shape index (κ1) is 12.2. The van der Waals surface area contributed by atoms with E-state index in [9.17, 15) is 4.79 Å². The molecule has 0 aliphatic heterocycles. The molecule has 0 aliphatic rings. The number of hydrogen-bond acceptors (Lipinski definition) is 4. The maximum atomic E-state index is 11.3. The van der Waals surface area contributed by atoms with Gasteiger partial charge >= 0.3 is 5.97 Å². The fourth-order valence-corrected chi connectivity index (χ4v) is 1.29. The van der Waals surface area contributed by atoms with Gasteiger partial charge in [0.15, 0.2) is 11.3 Å². The highest BCUT2D eigenvalue weighted by Crippen LogP contribution is 2.12. The lowest BCUT2D eigenvalue weighted by molar-refractivity contribution is 0.0593. The van der Waals surface area contributed by atoms with Crippen LogP contribution in [0.4, 0.5) is 0 Å². The third kappa shape index (κ3) is 2.03. The predicted octanol–water partition coefficient (Wildman–Crippen LogP) is 1.85. The number of carbonyl (C=O) groups excluding carboxylic acids is 1. The van der Waals surface area contributed by atoms with Crippen molar-refractivity contribution in [3.63, 3.8) is 0 Å². The van der Waals surface area contributed by atoms with Crippen molar-refractivity contribution in [3.05, 3.63) is 29.7 Å². The highest BCUT2D eigenvalue weighted by atomic mass is 16.5. The normalized spacial score (nSPS) is 9.50. The molecular weight excluding hydrogens is 206 g/mol. The molecule has 5 nitrogen and oxygen atoms in total. The smallest absolute Gasteiger partial charge is 0.358 e. The van der Waals surface area contributed by atoms with Gasteiger partial charge in [-0.05, 0) is 13.0 Å². The Kier molecular flexibility index (Phi) is 3.99. The Hall–Kier alpha value is -1.91. The summed E-state index contributed by atoms with van der Waals surface area (Å²) in [6, 6.07) is 1.75. The molecule has 0 N–H and O–H groups in total. The molecule has 2 aromatic rings. The number of fused-ring (bicyclic) bond motifs is 1. The second-order valence-electron chi connectivity index (χ2n) is 2.85. The summed E-state index contributed by atoms with van der Waals surface area (Å²) in [5.41, 5.74) is 1.72. The molecule has 0 unspecified atom stereocenters. The van der Waals surface area contributed by atoms with E-state index in [-0.39, 0.29) is 0 Å². The highest BCUT2D eigenvalue weighted by Gasteiger charge is 2.16. The third-order valence-electron chi connectivity index (χ3n) is 2.00. The van der Waals surface area contributed by atoms with E-state index in [0.29, 0.717) is 11.3 Å². The van der Waals surface area contributed by atoms with E-state index in [4.69, 9.17) is 0 Å². The van der Waals surface area contributed by atoms with E-state index in [1.54, 1.807) is 29.9 Å². The van der Waals surface area contributed by atoms with Crippen LogP contribution in [0, 0.1) is 6.92 Å². The van der Waals surface area contributed by atoms with Gasteiger partial charge in [-0.1, -0.05) is 13.8 Å². The summed E-state index contributed by atoms with van der Waals surface area (Å²) in [6.45, 7) is 5.79. The Labute approximate surface area is 94.1 Å². The maximum Gasteiger partial charge on any atom is 0.358 e.